The van der Waals surface area contributed by atoms with Gasteiger partial charge < -0.3 is 15.2 Å². The summed E-state index contributed by atoms with van der Waals surface area (Å²) in [7, 11) is 0. The summed E-state index contributed by atoms with van der Waals surface area (Å²) in [6, 6.07) is 17.6. The molecule has 0 fully saturated rings. The van der Waals surface area contributed by atoms with Crippen LogP contribution in [-0.4, -0.2) is 18.3 Å². The third-order valence-electron chi connectivity index (χ3n) is 3.14. The third-order valence-corrected chi connectivity index (χ3v) is 3.14. The summed E-state index contributed by atoms with van der Waals surface area (Å²) >= 11 is 0. The van der Waals surface area contributed by atoms with Crippen LogP contribution in [-0.2, 0) is 6.54 Å². The Kier molecular flexibility index (Phi) is 6.00. The molecular formula is C18H21NO2. The van der Waals surface area contributed by atoms with Gasteiger partial charge in [0, 0.05) is 13.1 Å². The van der Waals surface area contributed by atoms with Crippen molar-refractivity contribution < 1.29 is 9.84 Å². The Balaban J connectivity index is 1.77. The Labute approximate surface area is 125 Å². The minimum Gasteiger partial charge on any atom is -0.490 e. The molecule has 0 aliphatic rings. The van der Waals surface area contributed by atoms with Crippen molar-refractivity contribution >= 4 is 0 Å². The molecule has 3 nitrogen and oxygen atoms in total. The Morgan fingerprint density at radius 1 is 1.10 bits per heavy atom. The summed E-state index contributed by atoms with van der Waals surface area (Å²) in [4.78, 5) is 0. The van der Waals surface area contributed by atoms with Crippen molar-refractivity contribution in [1.29, 1.82) is 0 Å². The number of hydrogen-bond donors (Lipinski definition) is 2. The number of hydrogen-bond acceptors (Lipinski definition) is 3. The van der Waals surface area contributed by atoms with Crippen LogP contribution in [0.25, 0.3) is 0 Å². The van der Waals surface area contributed by atoms with Gasteiger partial charge in [-0.1, -0.05) is 55.1 Å². The topological polar surface area (TPSA) is 41.5 Å². The van der Waals surface area contributed by atoms with Gasteiger partial charge in [0.05, 0.1) is 6.10 Å². The van der Waals surface area contributed by atoms with Crippen molar-refractivity contribution in [2.24, 2.45) is 0 Å². The van der Waals surface area contributed by atoms with Gasteiger partial charge in [-0.3, -0.25) is 0 Å². The van der Waals surface area contributed by atoms with Crippen LogP contribution < -0.4 is 10.1 Å². The van der Waals surface area contributed by atoms with Gasteiger partial charge in [-0.15, -0.1) is 0 Å². The van der Waals surface area contributed by atoms with Gasteiger partial charge in [-0.2, -0.15) is 0 Å². The van der Waals surface area contributed by atoms with Gasteiger partial charge in [0.15, 0.2) is 0 Å². The zero-order valence-electron chi connectivity index (χ0n) is 12.0. The van der Waals surface area contributed by atoms with E-state index in [4.69, 9.17) is 4.74 Å². The molecule has 0 heterocycles. The number of aliphatic hydroxyl groups is 1. The number of benzene rings is 2. The predicted molar refractivity (Wildman–Crippen MR) is 85.2 cm³/mol. The lowest BCUT2D eigenvalue weighted by atomic mass is 10.1. The lowest BCUT2D eigenvalue weighted by molar-refractivity contribution is 0.174. The highest BCUT2D eigenvalue weighted by Crippen LogP contribution is 2.13. The molecule has 0 saturated heterocycles. The molecule has 2 aromatic rings. The highest BCUT2D eigenvalue weighted by atomic mass is 16.5. The second kappa shape index (κ2) is 8.25. The van der Waals surface area contributed by atoms with E-state index in [9.17, 15) is 5.11 Å². The van der Waals surface area contributed by atoms with Crippen LogP contribution in [0.5, 0.6) is 5.75 Å². The van der Waals surface area contributed by atoms with Crippen LogP contribution in [0.1, 0.15) is 17.2 Å². The Hall–Kier alpha value is -2.10. The fourth-order valence-electron chi connectivity index (χ4n) is 2.00. The Morgan fingerprint density at radius 3 is 2.48 bits per heavy atom. The second-order valence-corrected chi connectivity index (χ2v) is 4.80. The first-order valence-corrected chi connectivity index (χ1v) is 7.06. The maximum atomic E-state index is 10.0. The molecule has 2 N–H and O–H groups in total. The summed E-state index contributed by atoms with van der Waals surface area (Å²) in [6.07, 6.45) is 1.24. The van der Waals surface area contributed by atoms with Crippen molar-refractivity contribution in [2.75, 3.05) is 13.2 Å². The zero-order valence-corrected chi connectivity index (χ0v) is 12.0. The minimum atomic E-state index is -0.485. The molecule has 2 rings (SSSR count). The highest BCUT2D eigenvalue weighted by molar-refractivity contribution is 5.27. The van der Waals surface area contributed by atoms with E-state index >= 15 is 0 Å². The first kappa shape index (κ1) is 15.3. The van der Waals surface area contributed by atoms with E-state index in [1.807, 2.05) is 54.6 Å². The maximum absolute atomic E-state index is 10.0. The second-order valence-electron chi connectivity index (χ2n) is 4.80. The van der Waals surface area contributed by atoms with Crippen LogP contribution in [0.15, 0.2) is 67.3 Å². The van der Waals surface area contributed by atoms with E-state index in [0.29, 0.717) is 19.7 Å². The summed E-state index contributed by atoms with van der Waals surface area (Å²) in [5.74, 6) is 0.836. The Bertz CT molecular complexity index is 537. The molecular weight excluding hydrogens is 262 g/mol. The van der Waals surface area contributed by atoms with Crippen LogP contribution in [0.4, 0.5) is 0 Å². The van der Waals surface area contributed by atoms with E-state index in [-0.39, 0.29) is 0 Å². The van der Waals surface area contributed by atoms with E-state index in [1.54, 1.807) is 6.08 Å². The van der Waals surface area contributed by atoms with Gasteiger partial charge in [0.2, 0.25) is 0 Å². The fraction of sp³-hybridized carbons (Fsp3) is 0.222. The van der Waals surface area contributed by atoms with E-state index in [2.05, 4.69) is 11.9 Å². The smallest absolute Gasteiger partial charge is 0.119 e. The largest absolute Gasteiger partial charge is 0.490 e. The van der Waals surface area contributed by atoms with E-state index in [0.717, 1.165) is 16.9 Å². The molecule has 110 valence electrons. The summed E-state index contributed by atoms with van der Waals surface area (Å²) in [5, 5.41) is 13.3. The predicted octanol–water partition coefficient (Wildman–Crippen LogP) is 3.07. The van der Waals surface area contributed by atoms with Gasteiger partial charge in [0.1, 0.15) is 12.4 Å². The molecule has 0 amide bonds. The van der Waals surface area contributed by atoms with Crippen LogP contribution >= 0.6 is 0 Å². The summed E-state index contributed by atoms with van der Waals surface area (Å²) in [6.45, 7) is 5.37. The van der Waals surface area contributed by atoms with Crippen molar-refractivity contribution in [1.82, 2.24) is 5.32 Å². The zero-order chi connectivity index (χ0) is 14.9. The molecule has 0 saturated carbocycles. The van der Waals surface area contributed by atoms with Crippen molar-refractivity contribution in [2.45, 2.75) is 12.6 Å². The quantitative estimate of drug-likeness (QED) is 0.732. The molecule has 2 aromatic carbocycles. The Morgan fingerprint density at radius 2 is 1.81 bits per heavy atom. The monoisotopic (exact) mass is 283 g/mol. The van der Waals surface area contributed by atoms with Gasteiger partial charge in [-0.25, -0.2) is 0 Å². The summed E-state index contributed by atoms with van der Waals surface area (Å²) in [5.41, 5.74) is 2.08. The van der Waals surface area contributed by atoms with Crippen LogP contribution in [0, 0.1) is 0 Å². The molecule has 0 aromatic heterocycles. The molecule has 21 heavy (non-hydrogen) atoms. The molecule has 0 aliphatic heterocycles. The molecule has 0 spiro atoms. The molecule has 0 bridgehead atoms. The van der Waals surface area contributed by atoms with Gasteiger partial charge in [-0.05, 0) is 23.3 Å². The van der Waals surface area contributed by atoms with E-state index < -0.39 is 6.10 Å². The normalized spacial score (nSPS) is 11.9. The maximum Gasteiger partial charge on any atom is 0.119 e. The minimum absolute atomic E-state index is 0.485. The fourth-order valence-corrected chi connectivity index (χ4v) is 2.00. The lowest BCUT2D eigenvalue weighted by Crippen LogP contribution is -2.20. The molecule has 0 aliphatic carbocycles. The van der Waals surface area contributed by atoms with Gasteiger partial charge >= 0.3 is 0 Å². The first-order chi connectivity index (χ1) is 10.3. The molecule has 0 unspecified atom stereocenters. The standard InChI is InChI=1S/C18H21NO2/c1-2-12-21-17-10-8-15(9-11-17)13-19-14-18(20)16-6-4-3-5-7-16/h2-11,18-20H,1,12-14H2/t18-/m1/s1. The highest BCUT2D eigenvalue weighted by Gasteiger charge is 2.05. The SMILES string of the molecule is C=CCOc1ccc(CNC[C@@H](O)c2ccccc2)cc1. The number of aliphatic hydroxyl groups excluding tert-OH is 1. The van der Waals surface area contributed by atoms with Crippen molar-refractivity contribution in [3.63, 3.8) is 0 Å². The third kappa shape index (κ3) is 5.06. The number of ether oxygens (including phenoxy) is 1. The summed E-state index contributed by atoms with van der Waals surface area (Å²) < 4.78 is 5.43. The molecule has 1 atom stereocenters. The average Bonchev–Trinajstić information content (AvgIpc) is 2.55. The van der Waals surface area contributed by atoms with Crippen LogP contribution in [0.2, 0.25) is 0 Å². The molecule has 3 heteroatoms. The van der Waals surface area contributed by atoms with Gasteiger partial charge in [0.25, 0.3) is 0 Å². The van der Waals surface area contributed by atoms with Crippen molar-refractivity contribution in [3.8, 4) is 5.75 Å². The average molecular weight is 283 g/mol. The van der Waals surface area contributed by atoms with Crippen molar-refractivity contribution in [3.05, 3.63) is 78.4 Å². The first-order valence-electron chi connectivity index (χ1n) is 7.06. The lowest BCUT2D eigenvalue weighted by Gasteiger charge is -2.12. The molecule has 0 radical (unpaired) electrons. The number of rotatable bonds is 8. The number of nitrogens with one attached hydrogen (secondary N) is 1. The van der Waals surface area contributed by atoms with E-state index in [1.165, 1.54) is 0 Å². The van der Waals surface area contributed by atoms with Crippen LogP contribution in [0.3, 0.4) is 0 Å².